The van der Waals surface area contributed by atoms with E-state index in [9.17, 15) is 0 Å². The van der Waals surface area contributed by atoms with Crippen LogP contribution in [0.2, 0.25) is 0 Å². The molecule has 27 heavy (non-hydrogen) atoms. The topological polar surface area (TPSA) is 89.0 Å². The lowest BCUT2D eigenvalue weighted by atomic mass is 10.1. The molecule has 4 N–H and O–H groups in total. The van der Waals surface area contributed by atoms with Gasteiger partial charge in [0.15, 0.2) is 0 Å². The first kappa shape index (κ1) is 16.9. The molecule has 0 saturated carbocycles. The maximum Gasteiger partial charge on any atom is 0.130 e. The predicted octanol–water partition coefficient (Wildman–Crippen LogP) is 3.74. The van der Waals surface area contributed by atoms with Gasteiger partial charge >= 0.3 is 0 Å². The van der Waals surface area contributed by atoms with Crippen molar-refractivity contribution < 1.29 is 4.74 Å². The van der Waals surface area contributed by atoms with E-state index in [4.69, 9.17) is 21.0 Å². The molecule has 136 valence electrons. The van der Waals surface area contributed by atoms with Crippen LogP contribution >= 0.6 is 0 Å². The zero-order valence-corrected chi connectivity index (χ0v) is 15.1. The summed E-state index contributed by atoms with van der Waals surface area (Å²) in [4.78, 5) is 0. The van der Waals surface area contributed by atoms with E-state index in [1.807, 2.05) is 41.1 Å². The number of anilines is 1. The summed E-state index contributed by atoms with van der Waals surface area (Å²) < 4.78 is 8.03. The molecule has 6 heteroatoms. The van der Waals surface area contributed by atoms with E-state index >= 15 is 0 Å². The molecule has 2 aromatic carbocycles. The van der Waals surface area contributed by atoms with Crippen LogP contribution in [0.25, 0.3) is 11.3 Å². The average molecular weight is 359 g/mol. The van der Waals surface area contributed by atoms with Crippen LogP contribution < -0.4 is 15.8 Å². The molecule has 0 saturated heterocycles. The van der Waals surface area contributed by atoms with Crippen molar-refractivity contribution in [2.24, 2.45) is 5.73 Å². The van der Waals surface area contributed by atoms with Gasteiger partial charge in [0.05, 0.1) is 17.9 Å². The highest BCUT2D eigenvalue weighted by molar-refractivity contribution is 5.77. The predicted molar refractivity (Wildman–Crippen MR) is 107 cm³/mol. The Hall–Kier alpha value is -3.54. The molecule has 0 unspecified atom stereocenters. The Bertz CT molecular complexity index is 1020. The van der Waals surface area contributed by atoms with Gasteiger partial charge in [0, 0.05) is 34.7 Å². The van der Waals surface area contributed by atoms with Crippen molar-refractivity contribution in [2.45, 2.75) is 20.1 Å². The van der Waals surface area contributed by atoms with Crippen molar-refractivity contribution >= 4 is 11.9 Å². The van der Waals surface area contributed by atoms with Crippen LogP contribution in [-0.4, -0.2) is 16.0 Å². The number of nitrogens with two attached hydrogens (primary N) is 1. The molecular formula is C21H21N5O. The van der Waals surface area contributed by atoms with Gasteiger partial charge in [-0.25, -0.2) is 0 Å². The van der Waals surface area contributed by atoms with Gasteiger partial charge in [0.25, 0.3) is 0 Å². The molecule has 0 amide bonds. The van der Waals surface area contributed by atoms with Crippen molar-refractivity contribution in [2.75, 3.05) is 5.32 Å². The number of rotatable bonds is 4. The molecule has 1 aromatic heterocycles. The van der Waals surface area contributed by atoms with E-state index in [-0.39, 0.29) is 0 Å². The first-order valence-corrected chi connectivity index (χ1v) is 8.76. The second kappa shape index (κ2) is 6.99. The normalized spacial score (nSPS) is 13.5. The summed E-state index contributed by atoms with van der Waals surface area (Å²) in [6.45, 7) is 2.91. The number of fused-ring (bicyclic) bond motifs is 2. The van der Waals surface area contributed by atoms with Gasteiger partial charge in [-0.3, -0.25) is 4.68 Å². The van der Waals surface area contributed by atoms with Crippen LogP contribution in [0.1, 0.15) is 18.2 Å². The fourth-order valence-corrected chi connectivity index (χ4v) is 3.00. The molecule has 0 bridgehead atoms. The quantitative estimate of drug-likeness (QED) is 0.619. The molecule has 2 heterocycles. The Kier molecular flexibility index (Phi) is 4.38. The standard InChI is InChI=1S/C21H21N5O/c1-14(11-22)21(23)24-17-8-7-16-12-26-18(13-27-20(16)9-17)10-19(25-26)15-5-3-2-4-6-15/h2-11,22,24H,12-13,23H2,1H3/b21-14+,22-11?. The summed E-state index contributed by atoms with van der Waals surface area (Å²) in [6.07, 6.45) is 1.23. The highest BCUT2D eigenvalue weighted by atomic mass is 16.5. The lowest BCUT2D eigenvalue weighted by molar-refractivity contribution is 0.302. The van der Waals surface area contributed by atoms with Gasteiger partial charge in [-0.15, -0.1) is 0 Å². The third kappa shape index (κ3) is 3.42. The number of nitrogens with zero attached hydrogens (tertiary/aromatic N) is 2. The molecule has 0 spiro atoms. The van der Waals surface area contributed by atoms with Crippen LogP contribution in [-0.2, 0) is 13.2 Å². The monoisotopic (exact) mass is 359 g/mol. The number of nitrogens with one attached hydrogen (secondary N) is 2. The number of benzene rings is 2. The molecule has 0 fully saturated rings. The second-order valence-corrected chi connectivity index (χ2v) is 6.52. The van der Waals surface area contributed by atoms with Gasteiger partial charge in [-0.2, -0.15) is 5.10 Å². The molecule has 0 atom stereocenters. The molecule has 3 aromatic rings. The Morgan fingerprint density at radius 2 is 2.04 bits per heavy atom. The van der Waals surface area contributed by atoms with E-state index < -0.39 is 0 Å². The van der Waals surface area contributed by atoms with Gasteiger partial charge in [-0.1, -0.05) is 36.4 Å². The molecule has 1 aliphatic heterocycles. The highest BCUT2D eigenvalue weighted by Crippen LogP contribution is 2.30. The zero-order valence-electron chi connectivity index (χ0n) is 15.1. The molecule has 4 rings (SSSR count). The first-order chi connectivity index (χ1) is 13.1. The van der Waals surface area contributed by atoms with Crippen molar-refractivity contribution in [3.8, 4) is 17.0 Å². The molecule has 1 aliphatic rings. The molecule has 0 radical (unpaired) electrons. The first-order valence-electron chi connectivity index (χ1n) is 8.76. The molecule has 0 aliphatic carbocycles. The summed E-state index contributed by atoms with van der Waals surface area (Å²) >= 11 is 0. The van der Waals surface area contributed by atoms with Crippen molar-refractivity contribution in [3.63, 3.8) is 0 Å². The van der Waals surface area contributed by atoms with E-state index in [1.165, 1.54) is 6.21 Å². The van der Waals surface area contributed by atoms with Crippen LogP contribution in [0.5, 0.6) is 5.75 Å². The largest absolute Gasteiger partial charge is 0.487 e. The maximum atomic E-state index is 7.28. The van der Waals surface area contributed by atoms with Crippen LogP contribution in [0.15, 0.2) is 66.0 Å². The van der Waals surface area contributed by atoms with E-state index in [1.54, 1.807) is 6.92 Å². The van der Waals surface area contributed by atoms with Gasteiger partial charge < -0.3 is 21.2 Å². The minimum absolute atomic E-state index is 0.457. The second-order valence-electron chi connectivity index (χ2n) is 6.52. The number of allylic oxidation sites excluding steroid dienone is 1. The van der Waals surface area contributed by atoms with E-state index in [2.05, 4.69) is 23.5 Å². The smallest absolute Gasteiger partial charge is 0.130 e. The summed E-state index contributed by atoms with van der Waals surface area (Å²) in [5, 5.41) is 15.2. The van der Waals surface area contributed by atoms with E-state index in [0.717, 1.165) is 34.0 Å². The average Bonchev–Trinajstić information content (AvgIpc) is 3.02. The minimum atomic E-state index is 0.457. The number of hydrogen-bond acceptors (Lipinski definition) is 5. The Morgan fingerprint density at radius 3 is 2.81 bits per heavy atom. The lowest BCUT2D eigenvalue weighted by Gasteiger charge is -2.12. The fourth-order valence-electron chi connectivity index (χ4n) is 3.00. The van der Waals surface area contributed by atoms with Crippen molar-refractivity contribution in [1.82, 2.24) is 9.78 Å². The maximum absolute atomic E-state index is 7.28. The number of aromatic nitrogens is 2. The van der Waals surface area contributed by atoms with Crippen molar-refractivity contribution in [3.05, 3.63) is 77.2 Å². The summed E-state index contributed by atoms with van der Waals surface area (Å²) in [5.41, 5.74) is 11.6. The Morgan fingerprint density at radius 1 is 1.22 bits per heavy atom. The Balaban J connectivity index is 1.60. The third-order valence-corrected chi connectivity index (χ3v) is 4.62. The van der Waals surface area contributed by atoms with Crippen LogP contribution in [0.3, 0.4) is 0 Å². The summed E-state index contributed by atoms with van der Waals surface area (Å²) in [6, 6.07) is 18.1. The SMILES string of the molecule is C/C(C=N)=C(/N)Nc1ccc2c(c1)OCc1cc(-c3ccccc3)nn1C2. The number of hydrogen-bond donors (Lipinski definition) is 3. The fraction of sp³-hybridized carbons (Fsp3) is 0.143. The van der Waals surface area contributed by atoms with Gasteiger partial charge in [0.2, 0.25) is 0 Å². The van der Waals surface area contributed by atoms with Gasteiger partial charge in [0.1, 0.15) is 18.2 Å². The van der Waals surface area contributed by atoms with Gasteiger partial charge in [-0.05, 0) is 19.1 Å². The van der Waals surface area contributed by atoms with Crippen LogP contribution in [0.4, 0.5) is 5.69 Å². The summed E-state index contributed by atoms with van der Waals surface area (Å²) in [7, 11) is 0. The minimum Gasteiger partial charge on any atom is -0.487 e. The third-order valence-electron chi connectivity index (χ3n) is 4.62. The Labute approximate surface area is 157 Å². The number of ether oxygens (including phenoxy) is 1. The molecular weight excluding hydrogens is 338 g/mol. The van der Waals surface area contributed by atoms with E-state index in [0.29, 0.717) is 24.5 Å². The van der Waals surface area contributed by atoms with Crippen LogP contribution in [0, 0.1) is 5.41 Å². The lowest BCUT2D eigenvalue weighted by Crippen LogP contribution is -2.12. The highest BCUT2D eigenvalue weighted by Gasteiger charge is 2.17. The zero-order chi connectivity index (χ0) is 18.8. The van der Waals surface area contributed by atoms with Crippen molar-refractivity contribution in [1.29, 1.82) is 5.41 Å². The molecule has 6 nitrogen and oxygen atoms in total. The summed E-state index contributed by atoms with van der Waals surface area (Å²) in [5.74, 6) is 1.27.